The Labute approximate surface area is 193 Å². The van der Waals surface area contributed by atoms with Gasteiger partial charge in [-0.05, 0) is 61.8 Å². The third kappa shape index (κ3) is 4.02. The van der Waals surface area contributed by atoms with Crippen LogP contribution in [0.15, 0.2) is 28.3 Å². The zero-order valence-electron chi connectivity index (χ0n) is 18.7. The molecule has 4 radical (unpaired) electrons. The lowest BCUT2D eigenvalue weighted by molar-refractivity contribution is -0.145. The Bertz CT molecular complexity index is 975. The number of fused-ring (bicyclic) bond motifs is 3. The molecule has 2 spiro atoms. The number of amidine groups is 1. The van der Waals surface area contributed by atoms with Gasteiger partial charge >= 0.3 is 6.18 Å². The number of oxime groups is 1. The Balaban J connectivity index is 1.70. The number of hydrogen-bond donors (Lipinski definition) is 1. The highest BCUT2D eigenvalue weighted by atomic mass is 19.4. The van der Waals surface area contributed by atoms with Crippen LogP contribution in [0.3, 0.4) is 0 Å². The van der Waals surface area contributed by atoms with Gasteiger partial charge < -0.3 is 20.0 Å². The van der Waals surface area contributed by atoms with Crippen molar-refractivity contribution in [3.63, 3.8) is 0 Å². The maximum Gasteiger partial charge on any atom is 0.392 e. The summed E-state index contributed by atoms with van der Waals surface area (Å²) in [5.74, 6) is 0. The minimum Gasteiger partial charge on any atom is -0.476 e. The van der Waals surface area contributed by atoms with Gasteiger partial charge in [0.15, 0.2) is 0 Å². The summed E-state index contributed by atoms with van der Waals surface area (Å²) < 4.78 is 48.2. The predicted molar refractivity (Wildman–Crippen MR) is 119 cm³/mol. The molecule has 33 heavy (non-hydrogen) atoms. The van der Waals surface area contributed by atoms with E-state index >= 15 is 0 Å². The first-order valence-corrected chi connectivity index (χ1v) is 10.9. The number of nitrogens with zero attached hydrogens (tertiary/aromatic N) is 2. The zero-order valence-corrected chi connectivity index (χ0v) is 18.7. The van der Waals surface area contributed by atoms with Gasteiger partial charge in [0, 0.05) is 12.5 Å². The molecule has 0 saturated heterocycles. The van der Waals surface area contributed by atoms with E-state index in [4.69, 9.17) is 40.7 Å². The van der Waals surface area contributed by atoms with Gasteiger partial charge in [0.25, 0.3) is 6.02 Å². The number of ether oxygens (including phenoxy) is 2. The van der Waals surface area contributed by atoms with Gasteiger partial charge in [-0.3, -0.25) is 0 Å². The SMILES string of the molecule is [B]C1([B])OC(N)=NC12c1cc(/C(C)=N/OCCC(F)(F)F)ccc1CC21CCC(OC)CC1. The first-order valence-electron chi connectivity index (χ1n) is 10.9. The van der Waals surface area contributed by atoms with E-state index in [2.05, 4.69) is 5.16 Å². The van der Waals surface area contributed by atoms with Crippen LogP contribution in [0, 0.1) is 5.41 Å². The number of nitrogens with two attached hydrogens (primary N) is 1. The Hall–Kier alpha value is -2.16. The molecule has 1 atom stereocenters. The number of methoxy groups -OCH3 is 1. The summed E-state index contributed by atoms with van der Waals surface area (Å²) in [6.07, 6.45) is -1.30. The lowest BCUT2D eigenvalue weighted by atomic mass is 9.45. The van der Waals surface area contributed by atoms with Crippen molar-refractivity contribution in [3.8, 4) is 0 Å². The normalized spacial score (nSPS) is 30.9. The maximum atomic E-state index is 12.4. The van der Waals surface area contributed by atoms with E-state index in [-0.39, 0.29) is 12.1 Å². The van der Waals surface area contributed by atoms with Crippen LogP contribution in [0.5, 0.6) is 0 Å². The highest BCUT2D eigenvalue weighted by molar-refractivity contribution is 6.41. The summed E-state index contributed by atoms with van der Waals surface area (Å²) in [7, 11) is 14.8. The molecule has 1 unspecified atom stereocenters. The van der Waals surface area contributed by atoms with Crippen LogP contribution in [0.25, 0.3) is 0 Å². The number of halogens is 3. The van der Waals surface area contributed by atoms with Gasteiger partial charge in [-0.1, -0.05) is 17.3 Å². The number of benzene rings is 1. The molecule has 1 aromatic carbocycles. The van der Waals surface area contributed by atoms with Crippen LogP contribution in [-0.4, -0.2) is 58.8 Å². The molecule has 1 heterocycles. The van der Waals surface area contributed by atoms with Gasteiger partial charge in [0.2, 0.25) is 0 Å². The highest BCUT2D eigenvalue weighted by Crippen LogP contribution is 2.64. The molecule has 4 rings (SSSR count). The summed E-state index contributed by atoms with van der Waals surface area (Å²) in [6, 6.07) is 5.62. The second-order valence-corrected chi connectivity index (χ2v) is 9.19. The average molecular weight is 459 g/mol. The van der Waals surface area contributed by atoms with E-state index in [0.717, 1.165) is 36.8 Å². The van der Waals surface area contributed by atoms with E-state index in [9.17, 15) is 13.2 Å². The quantitative estimate of drug-likeness (QED) is 0.318. The Morgan fingerprint density at radius 2 is 2.00 bits per heavy atom. The molecule has 1 aromatic rings. The van der Waals surface area contributed by atoms with Crippen LogP contribution in [-0.2, 0) is 26.3 Å². The van der Waals surface area contributed by atoms with Crippen molar-refractivity contribution in [2.75, 3.05) is 13.7 Å². The monoisotopic (exact) mass is 459 g/mol. The zero-order chi connectivity index (χ0) is 24.1. The second-order valence-electron chi connectivity index (χ2n) is 9.19. The van der Waals surface area contributed by atoms with Crippen molar-refractivity contribution >= 4 is 27.4 Å². The van der Waals surface area contributed by atoms with Crippen molar-refractivity contribution < 1.29 is 27.5 Å². The predicted octanol–water partition coefficient (Wildman–Crippen LogP) is 3.04. The molecule has 0 amide bonds. The number of hydrogen-bond acceptors (Lipinski definition) is 6. The molecule has 0 bridgehead atoms. The average Bonchev–Trinajstić information content (AvgIpc) is 3.15. The molecular weight excluding hydrogens is 433 g/mol. The van der Waals surface area contributed by atoms with E-state index in [1.165, 1.54) is 0 Å². The molecule has 2 aliphatic carbocycles. The molecule has 174 valence electrons. The maximum absolute atomic E-state index is 12.4. The number of alkyl halides is 3. The minimum absolute atomic E-state index is 0.0626. The Morgan fingerprint density at radius 1 is 1.30 bits per heavy atom. The van der Waals surface area contributed by atoms with Crippen LogP contribution in [0.2, 0.25) is 0 Å². The second kappa shape index (κ2) is 8.25. The van der Waals surface area contributed by atoms with Crippen LogP contribution in [0.1, 0.15) is 55.7 Å². The van der Waals surface area contributed by atoms with Crippen molar-refractivity contribution in [3.05, 3.63) is 34.9 Å². The number of rotatable bonds is 5. The van der Waals surface area contributed by atoms with E-state index in [1.807, 2.05) is 18.2 Å². The van der Waals surface area contributed by atoms with Gasteiger partial charge in [-0.15, -0.1) is 0 Å². The third-order valence-corrected chi connectivity index (χ3v) is 7.23. The van der Waals surface area contributed by atoms with Crippen molar-refractivity contribution in [2.45, 2.75) is 68.7 Å². The fourth-order valence-corrected chi connectivity index (χ4v) is 5.67. The van der Waals surface area contributed by atoms with Crippen molar-refractivity contribution in [1.29, 1.82) is 0 Å². The molecular formula is C22H26B2F3N3O3. The molecule has 1 fully saturated rings. The third-order valence-electron chi connectivity index (χ3n) is 7.23. The standard InChI is InChI=1S/C22H26B2F3N3O3/c1-13(30-32-10-9-20(25,26)27)14-3-4-15-12-19(7-5-16(31-2)6-8-19)21(17(15)11-14)22(23,24)33-18(28)29-21/h3-4,11,16H,5-10,12H2,1-2H3,(H2,28,29)/b30-13+. The summed E-state index contributed by atoms with van der Waals surface area (Å²) in [6.45, 7) is 1.11. The lowest BCUT2D eigenvalue weighted by Crippen LogP contribution is -2.59. The largest absolute Gasteiger partial charge is 0.476 e. The van der Waals surface area contributed by atoms with E-state index < -0.39 is 35.6 Å². The Kier molecular flexibility index (Phi) is 6.00. The Morgan fingerprint density at radius 3 is 2.58 bits per heavy atom. The van der Waals surface area contributed by atoms with Gasteiger partial charge in [0.1, 0.15) is 27.8 Å². The van der Waals surface area contributed by atoms with E-state index in [1.54, 1.807) is 14.0 Å². The van der Waals surface area contributed by atoms with Gasteiger partial charge in [-0.25, -0.2) is 4.99 Å². The highest BCUT2D eigenvalue weighted by Gasteiger charge is 2.67. The van der Waals surface area contributed by atoms with Gasteiger partial charge in [-0.2, -0.15) is 13.2 Å². The molecule has 1 aliphatic heterocycles. The van der Waals surface area contributed by atoms with Crippen LogP contribution < -0.4 is 5.73 Å². The first kappa shape index (κ1) is 24.0. The molecule has 0 aromatic heterocycles. The lowest BCUT2D eigenvalue weighted by Gasteiger charge is -2.52. The fraction of sp³-hybridized carbons (Fsp3) is 0.636. The fourth-order valence-electron chi connectivity index (χ4n) is 5.67. The molecule has 3 aliphatic rings. The summed E-state index contributed by atoms with van der Waals surface area (Å²) >= 11 is 0. The molecule has 1 saturated carbocycles. The topological polar surface area (TPSA) is 78.4 Å². The summed E-state index contributed by atoms with van der Waals surface area (Å²) in [4.78, 5) is 9.62. The van der Waals surface area contributed by atoms with Crippen molar-refractivity contribution in [2.24, 2.45) is 21.3 Å². The van der Waals surface area contributed by atoms with Crippen molar-refractivity contribution in [1.82, 2.24) is 0 Å². The smallest absolute Gasteiger partial charge is 0.392 e. The minimum atomic E-state index is -4.30. The first-order chi connectivity index (χ1) is 15.4. The van der Waals surface area contributed by atoms with Crippen LogP contribution >= 0.6 is 0 Å². The molecule has 11 heteroatoms. The molecule has 2 N–H and O–H groups in total. The van der Waals surface area contributed by atoms with E-state index in [0.29, 0.717) is 17.7 Å². The summed E-state index contributed by atoms with van der Waals surface area (Å²) in [5, 5.41) is 2.20. The summed E-state index contributed by atoms with van der Waals surface area (Å²) in [5.41, 5.74) is 7.40. The number of aliphatic imine (C=N–C) groups is 1. The molecule has 6 nitrogen and oxygen atoms in total. The van der Waals surface area contributed by atoms with Crippen LogP contribution in [0.4, 0.5) is 13.2 Å². The van der Waals surface area contributed by atoms with Gasteiger partial charge in [0.05, 0.1) is 23.6 Å².